The predicted octanol–water partition coefficient (Wildman–Crippen LogP) is 3.17. The van der Waals surface area contributed by atoms with E-state index in [0.717, 1.165) is 63.2 Å². The van der Waals surface area contributed by atoms with Crippen molar-refractivity contribution >= 4 is 17.2 Å². The van der Waals surface area contributed by atoms with Gasteiger partial charge in [0.2, 0.25) is 5.91 Å². The number of piperidine rings is 1. The predicted molar refractivity (Wildman–Crippen MR) is 130 cm³/mol. The fraction of sp³-hybridized carbons (Fsp3) is 0.600. The second-order valence-electron chi connectivity index (χ2n) is 9.77. The van der Waals surface area contributed by atoms with E-state index in [1.165, 1.54) is 10.4 Å². The largest absolute Gasteiger partial charge is 0.496 e. The molecule has 1 saturated carbocycles. The van der Waals surface area contributed by atoms with Crippen LogP contribution in [0.3, 0.4) is 0 Å². The van der Waals surface area contributed by atoms with Gasteiger partial charge in [-0.25, -0.2) is 5.43 Å². The number of nitrogens with one attached hydrogen (secondary N) is 3. The van der Waals surface area contributed by atoms with Gasteiger partial charge in [-0.15, -0.1) is 11.3 Å². The van der Waals surface area contributed by atoms with Crippen LogP contribution in [-0.4, -0.2) is 48.1 Å². The fourth-order valence-corrected chi connectivity index (χ4v) is 6.73. The van der Waals surface area contributed by atoms with E-state index in [2.05, 4.69) is 43.6 Å². The smallest absolute Gasteiger partial charge is 0.223 e. The van der Waals surface area contributed by atoms with Gasteiger partial charge in [0.1, 0.15) is 5.75 Å². The van der Waals surface area contributed by atoms with Crippen LogP contribution < -0.4 is 20.9 Å². The molecule has 3 fully saturated rings. The number of thiophene rings is 1. The number of methoxy groups -OCH3 is 1. The highest BCUT2D eigenvalue weighted by Crippen LogP contribution is 2.40. The molecule has 0 bridgehead atoms. The van der Waals surface area contributed by atoms with Crippen LogP contribution >= 0.6 is 11.3 Å². The number of nitrogens with zero attached hydrogens (tertiary/aromatic N) is 2. The van der Waals surface area contributed by atoms with E-state index in [-0.39, 0.29) is 23.9 Å². The van der Waals surface area contributed by atoms with Crippen molar-refractivity contribution in [3.63, 3.8) is 0 Å². The van der Waals surface area contributed by atoms with E-state index in [0.29, 0.717) is 12.0 Å². The molecule has 5 atom stereocenters. The summed E-state index contributed by atoms with van der Waals surface area (Å²) >= 11 is 1.74. The van der Waals surface area contributed by atoms with Crippen LogP contribution in [0.5, 0.6) is 5.75 Å². The molecule has 5 rings (SSSR count). The third-order valence-electron chi connectivity index (χ3n) is 7.55. The van der Waals surface area contributed by atoms with Crippen molar-refractivity contribution in [2.45, 2.75) is 63.7 Å². The molecule has 0 spiro atoms. The summed E-state index contributed by atoms with van der Waals surface area (Å²) in [5, 5.41) is 5.50. The van der Waals surface area contributed by atoms with Crippen LogP contribution in [0.15, 0.2) is 29.8 Å². The summed E-state index contributed by atoms with van der Waals surface area (Å²) in [6.07, 6.45) is 6.96. The quantitative estimate of drug-likeness (QED) is 0.603. The molecule has 1 aliphatic carbocycles. The maximum absolute atomic E-state index is 13.3. The number of rotatable bonds is 6. The third kappa shape index (κ3) is 5.09. The Hall–Kier alpha value is -2.00. The summed E-state index contributed by atoms with van der Waals surface area (Å²) in [5.41, 5.74) is 9.27. The molecule has 0 aromatic carbocycles. The summed E-state index contributed by atoms with van der Waals surface area (Å²) in [6, 6.07) is 7.18. The molecular weight excluding hydrogens is 434 g/mol. The Labute approximate surface area is 200 Å². The van der Waals surface area contributed by atoms with Crippen LogP contribution in [0, 0.1) is 18.8 Å². The number of ether oxygens (including phenoxy) is 1. The summed E-state index contributed by atoms with van der Waals surface area (Å²) in [4.78, 5) is 21.3. The number of pyridine rings is 1. The minimum Gasteiger partial charge on any atom is -0.496 e. The first-order valence-corrected chi connectivity index (χ1v) is 13.1. The normalized spacial score (nSPS) is 30.1. The molecular formula is C25H35N5O2S. The topological polar surface area (TPSA) is 78.5 Å². The lowest BCUT2D eigenvalue weighted by Crippen LogP contribution is -2.50. The van der Waals surface area contributed by atoms with Gasteiger partial charge in [0.25, 0.3) is 0 Å². The molecule has 0 radical (unpaired) electrons. The molecule has 178 valence electrons. The summed E-state index contributed by atoms with van der Waals surface area (Å²) in [6.45, 7) is 4.91. The molecule has 2 aromatic rings. The number of carbonyl (C=O) groups excluding carboxylic acids is 1. The Bertz CT molecular complexity index is 966. The molecule has 7 nitrogen and oxygen atoms in total. The van der Waals surface area contributed by atoms with Crippen molar-refractivity contribution in [3.05, 3.63) is 45.9 Å². The molecule has 2 saturated heterocycles. The average Bonchev–Trinajstić information content (AvgIpc) is 3.45. The van der Waals surface area contributed by atoms with Gasteiger partial charge < -0.3 is 10.1 Å². The maximum Gasteiger partial charge on any atom is 0.223 e. The first-order valence-electron chi connectivity index (χ1n) is 12.2. The van der Waals surface area contributed by atoms with Gasteiger partial charge >= 0.3 is 0 Å². The van der Waals surface area contributed by atoms with E-state index in [9.17, 15) is 4.79 Å². The minimum atomic E-state index is 0.0890. The van der Waals surface area contributed by atoms with E-state index in [1.807, 2.05) is 19.2 Å². The average molecular weight is 470 g/mol. The Morgan fingerprint density at radius 3 is 3.06 bits per heavy atom. The first-order chi connectivity index (χ1) is 16.1. The first kappa shape index (κ1) is 22.8. The molecule has 3 N–H and O–H groups in total. The van der Waals surface area contributed by atoms with Crippen molar-refractivity contribution < 1.29 is 9.53 Å². The lowest BCUT2D eigenvalue weighted by atomic mass is 9.74. The van der Waals surface area contributed by atoms with E-state index < -0.39 is 0 Å². The number of hydrazine groups is 1. The second-order valence-corrected chi connectivity index (χ2v) is 10.8. The SMILES string of the molecule is COc1ccsc1CN1CCC[C@@H](NC(=O)C2CCC3NNC(c4ccnc(C)c4)C3C2)C1. The molecule has 4 unspecified atom stereocenters. The lowest BCUT2D eigenvalue weighted by molar-refractivity contribution is -0.127. The van der Waals surface area contributed by atoms with Crippen LogP contribution in [-0.2, 0) is 11.3 Å². The van der Waals surface area contributed by atoms with E-state index in [1.54, 1.807) is 18.4 Å². The Morgan fingerprint density at radius 2 is 2.21 bits per heavy atom. The van der Waals surface area contributed by atoms with Gasteiger partial charge in [0, 0.05) is 43.0 Å². The zero-order chi connectivity index (χ0) is 22.8. The Morgan fingerprint density at radius 1 is 1.30 bits per heavy atom. The van der Waals surface area contributed by atoms with Crippen LogP contribution in [0.1, 0.15) is 54.3 Å². The number of aryl methyl sites for hydroxylation is 1. The number of fused-ring (bicyclic) bond motifs is 1. The molecule has 1 amide bonds. The van der Waals surface area contributed by atoms with Gasteiger partial charge in [-0.2, -0.15) is 0 Å². The summed E-state index contributed by atoms with van der Waals surface area (Å²) < 4.78 is 5.48. The van der Waals surface area contributed by atoms with Crippen molar-refractivity contribution in [2.75, 3.05) is 20.2 Å². The molecule has 33 heavy (non-hydrogen) atoms. The highest BCUT2D eigenvalue weighted by Gasteiger charge is 2.43. The molecule has 8 heteroatoms. The molecule has 4 heterocycles. The van der Waals surface area contributed by atoms with Crippen LogP contribution in [0.2, 0.25) is 0 Å². The Balaban J connectivity index is 1.18. The highest BCUT2D eigenvalue weighted by molar-refractivity contribution is 7.10. The van der Waals surface area contributed by atoms with Gasteiger partial charge in [-0.05, 0) is 80.6 Å². The van der Waals surface area contributed by atoms with Crippen molar-refractivity contribution in [3.8, 4) is 5.75 Å². The molecule has 3 aliphatic rings. The molecule has 2 aromatic heterocycles. The lowest BCUT2D eigenvalue weighted by Gasteiger charge is -2.36. The standard InChI is InChI=1S/C25H35N5O2S/c1-16-12-17(7-9-26-16)24-20-13-18(5-6-21(20)28-29-24)25(31)27-19-4-3-10-30(14-19)15-23-22(32-2)8-11-33-23/h7-9,11-12,18-21,24,28-29H,3-6,10,13-15H2,1-2H3,(H,27,31)/t18?,19-,20?,21?,24?/m1/s1. The van der Waals surface area contributed by atoms with Crippen LogP contribution in [0.25, 0.3) is 0 Å². The minimum absolute atomic E-state index is 0.0890. The third-order valence-corrected chi connectivity index (χ3v) is 8.43. The number of aromatic nitrogens is 1. The number of hydrogen-bond acceptors (Lipinski definition) is 7. The highest BCUT2D eigenvalue weighted by atomic mass is 32.1. The maximum atomic E-state index is 13.3. The second kappa shape index (κ2) is 10.1. The summed E-state index contributed by atoms with van der Waals surface area (Å²) in [5.74, 6) is 1.72. The zero-order valence-corrected chi connectivity index (χ0v) is 20.4. The number of likely N-dealkylation sites (tertiary alicyclic amines) is 1. The Kier molecular flexibility index (Phi) is 6.97. The van der Waals surface area contributed by atoms with Crippen molar-refractivity contribution in [2.24, 2.45) is 11.8 Å². The fourth-order valence-electron chi connectivity index (χ4n) is 5.85. The van der Waals surface area contributed by atoms with Crippen molar-refractivity contribution in [1.29, 1.82) is 0 Å². The van der Waals surface area contributed by atoms with Gasteiger partial charge in [-0.1, -0.05) is 0 Å². The van der Waals surface area contributed by atoms with Gasteiger partial charge in [0.15, 0.2) is 0 Å². The number of carbonyl (C=O) groups is 1. The zero-order valence-electron chi connectivity index (χ0n) is 19.5. The number of hydrogen-bond donors (Lipinski definition) is 3. The van der Waals surface area contributed by atoms with Gasteiger partial charge in [0.05, 0.1) is 18.0 Å². The van der Waals surface area contributed by atoms with Crippen molar-refractivity contribution in [1.82, 2.24) is 26.1 Å². The van der Waals surface area contributed by atoms with E-state index in [4.69, 9.17) is 4.74 Å². The summed E-state index contributed by atoms with van der Waals surface area (Å²) in [7, 11) is 1.73. The van der Waals surface area contributed by atoms with Crippen LogP contribution in [0.4, 0.5) is 0 Å². The number of amides is 1. The van der Waals surface area contributed by atoms with E-state index >= 15 is 0 Å². The monoisotopic (exact) mass is 469 g/mol. The molecule has 2 aliphatic heterocycles. The van der Waals surface area contributed by atoms with Gasteiger partial charge in [-0.3, -0.25) is 20.1 Å².